The second-order valence-corrected chi connectivity index (χ2v) is 5.99. The number of nitrogens with one attached hydrogen (secondary N) is 1. The van der Waals surface area contributed by atoms with E-state index in [2.05, 4.69) is 5.32 Å². The number of hydrogen-bond donors (Lipinski definition) is 1. The molecule has 0 unspecified atom stereocenters. The molecule has 1 N–H and O–H groups in total. The highest BCUT2D eigenvalue weighted by molar-refractivity contribution is 6.08. The van der Waals surface area contributed by atoms with Gasteiger partial charge in [0.15, 0.2) is 5.75 Å². The number of para-hydroxylation sites is 2. The summed E-state index contributed by atoms with van der Waals surface area (Å²) in [4.78, 5) is 36.9. The van der Waals surface area contributed by atoms with Crippen molar-refractivity contribution in [1.82, 2.24) is 0 Å². The van der Waals surface area contributed by atoms with Gasteiger partial charge in [0.25, 0.3) is 5.91 Å². The SMILES string of the molecule is CCOc1ccc(C(=O)Nc2ccccc2N2CCCC2=O)cc1[N+](=O)[O-]. The first-order valence-corrected chi connectivity index (χ1v) is 8.63. The van der Waals surface area contributed by atoms with Gasteiger partial charge in [0, 0.05) is 24.6 Å². The fourth-order valence-corrected chi connectivity index (χ4v) is 2.99. The first-order valence-electron chi connectivity index (χ1n) is 8.63. The van der Waals surface area contributed by atoms with Crippen LogP contribution >= 0.6 is 0 Å². The average Bonchev–Trinajstić information content (AvgIpc) is 3.08. The Morgan fingerprint density at radius 1 is 1.30 bits per heavy atom. The summed E-state index contributed by atoms with van der Waals surface area (Å²) in [7, 11) is 0. The zero-order valence-electron chi connectivity index (χ0n) is 14.8. The lowest BCUT2D eigenvalue weighted by atomic mass is 10.1. The topological polar surface area (TPSA) is 102 Å². The number of carbonyl (C=O) groups excluding carboxylic acids is 2. The van der Waals surface area contributed by atoms with E-state index < -0.39 is 10.8 Å². The van der Waals surface area contributed by atoms with Crippen LogP contribution in [0.4, 0.5) is 17.1 Å². The molecule has 2 aromatic rings. The van der Waals surface area contributed by atoms with E-state index in [4.69, 9.17) is 4.74 Å². The first kappa shape index (κ1) is 18.4. The van der Waals surface area contributed by atoms with E-state index in [9.17, 15) is 19.7 Å². The van der Waals surface area contributed by atoms with Crippen molar-refractivity contribution >= 4 is 28.9 Å². The molecule has 0 bridgehead atoms. The minimum Gasteiger partial charge on any atom is -0.487 e. The zero-order valence-corrected chi connectivity index (χ0v) is 14.8. The Hall–Kier alpha value is -3.42. The van der Waals surface area contributed by atoms with Crippen LogP contribution in [0.25, 0.3) is 0 Å². The number of hydrogen-bond acceptors (Lipinski definition) is 5. The summed E-state index contributed by atoms with van der Waals surface area (Å²) in [5.74, 6) is -0.379. The molecule has 0 saturated carbocycles. The highest BCUT2D eigenvalue weighted by Crippen LogP contribution is 2.31. The van der Waals surface area contributed by atoms with Crippen molar-refractivity contribution in [3.63, 3.8) is 0 Å². The van der Waals surface area contributed by atoms with Gasteiger partial charge >= 0.3 is 5.69 Å². The molecule has 1 saturated heterocycles. The predicted molar refractivity (Wildman–Crippen MR) is 100 cm³/mol. The second kappa shape index (κ2) is 7.86. The Labute approximate surface area is 155 Å². The van der Waals surface area contributed by atoms with Gasteiger partial charge in [0.1, 0.15) is 0 Å². The summed E-state index contributed by atoms with van der Waals surface area (Å²) < 4.78 is 5.23. The average molecular weight is 369 g/mol. The van der Waals surface area contributed by atoms with Crippen LogP contribution in [-0.2, 0) is 4.79 Å². The third kappa shape index (κ3) is 3.89. The van der Waals surface area contributed by atoms with Gasteiger partial charge in [-0.05, 0) is 37.6 Å². The molecule has 8 heteroatoms. The minimum atomic E-state index is -0.585. The molecule has 1 aliphatic rings. The maximum atomic E-state index is 12.6. The van der Waals surface area contributed by atoms with E-state index >= 15 is 0 Å². The number of nitrogens with zero attached hydrogens (tertiary/aromatic N) is 2. The van der Waals surface area contributed by atoms with Crippen LogP contribution in [0.5, 0.6) is 5.75 Å². The molecule has 1 heterocycles. The predicted octanol–water partition coefficient (Wildman–Crippen LogP) is 3.37. The summed E-state index contributed by atoms with van der Waals surface area (Å²) in [6.07, 6.45) is 1.25. The van der Waals surface area contributed by atoms with Crippen molar-refractivity contribution in [1.29, 1.82) is 0 Å². The summed E-state index contributed by atoms with van der Waals surface area (Å²) >= 11 is 0. The lowest BCUT2D eigenvalue weighted by Gasteiger charge is -2.20. The van der Waals surface area contributed by atoms with Crippen molar-refractivity contribution < 1.29 is 19.2 Å². The Morgan fingerprint density at radius 2 is 2.07 bits per heavy atom. The maximum Gasteiger partial charge on any atom is 0.311 e. The normalized spacial score (nSPS) is 13.5. The van der Waals surface area contributed by atoms with E-state index in [1.54, 1.807) is 36.1 Å². The summed E-state index contributed by atoms with van der Waals surface area (Å²) in [6, 6.07) is 11.1. The molecule has 0 atom stereocenters. The van der Waals surface area contributed by atoms with Gasteiger partial charge in [-0.2, -0.15) is 0 Å². The van der Waals surface area contributed by atoms with Crippen LogP contribution in [0.2, 0.25) is 0 Å². The van der Waals surface area contributed by atoms with E-state index in [1.807, 2.05) is 0 Å². The Bertz CT molecular complexity index is 897. The maximum absolute atomic E-state index is 12.6. The monoisotopic (exact) mass is 369 g/mol. The molecular formula is C19H19N3O5. The van der Waals surface area contributed by atoms with Gasteiger partial charge in [0.2, 0.25) is 5.91 Å². The molecule has 0 radical (unpaired) electrons. The number of benzene rings is 2. The van der Waals surface area contributed by atoms with E-state index in [-0.39, 0.29) is 29.5 Å². The molecule has 3 rings (SSSR count). The summed E-state index contributed by atoms with van der Waals surface area (Å²) in [5.41, 5.74) is 0.961. The third-order valence-electron chi connectivity index (χ3n) is 4.23. The minimum absolute atomic E-state index is 0.00778. The molecule has 1 fully saturated rings. The van der Waals surface area contributed by atoms with Crippen molar-refractivity contribution in [2.45, 2.75) is 19.8 Å². The van der Waals surface area contributed by atoms with Crippen molar-refractivity contribution in [3.8, 4) is 5.75 Å². The molecule has 2 amide bonds. The number of carbonyl (C=O) groups is 2. The molecule has 0 aromatic heterocycles. The quantitative estimate of drug-likeness (QED) is 0.621. The standard InChI is InChI=1S/C19H19N3O5/c1-2-27-17-10-9-13(12-16(17)22(25)26)19(24)20-14-6-3-4-7-15(14)21-11-5-8-18(21)23/h3-4,6-7,9-10,12H,2,5,8,11H2,1H3,(H,20,24). The number of nitro benzene ring substituents is 1. The van der Waals surface area contributed by atoms with E-state index in [0.29, 0.717) is 24.3 Å². The lowest BCUT2D eigenvalue weighted by Crippen LogP contribution is -2.25. The highest BCUT2D eigenvalue weighted by atomic mass is 16.6. The molecule has 0 spiro atoms. The third-order valence-corrected chi connectivity index (χ3v) is 4.23. The van der Waals surface area contributed by atoms with Gasteiger partial charge in [-0.15, -0.1) is 0 Å². The van der Waals surface area contributed by atoms with E-state index in [1.165, 1.54) is 18.2 Å². The first-order chi connectivity index (χ1) is 13.0. The molecule has 0 aliphatic carbocycles. The van der Waals surface area contributed by atoms with Gasteiger partial charge in [0.05, 0.1) is 22.9 Å². The molecular weight excluding hydrogens is 350 g/mol. The van der Waals surface area contributed by atoms with Gasteiger partial charge in [-0.25, -0.2) is 0 Å². The van der Waals surface area contributed by atoms with Crippen LogP contribution < -0.4 is 15.0 Å². The number of nitro groups is 1. The molecule has 2 aromatic carbocycles. The summed E-state index contributed by atoms with van der Waals surface area (Å²) in [6.45, 7) is 2.60. The number of ether oxygens (including phenoxy) is 1. The van der Waals surface area contributed by atoms with Crippen LogP contribution in [0, 0.1) is 10.1 Å². The molecule has 27 heavy (non-hydrogen) atoms. The number of anilines is 2. The zero-order chi connectivity index (χ0) is 19.4. The van der Waals surface area contributed by atoms with Gasteiger partial charge in [-0.3, -0.25) is 19.7 Å². The van der Waals surface area contributed by atoms with Crippen LogP contribution in [0.3, 0.4) is 0 Å². The van der Waals surface area contributed by atoms with Crippen molar-refractivity contribution in [3.05, 3.63) is 58.1 Å². The van der Waals surface area contributed by atoms with E-state index in [0.717, 1.165) is 6.42 Å². The van der Waals surface area contributed by atoms with Gasteiger partial charge in [-0.1, -0.05) is 12.1 Å². The highest BCUT2D eigenvalue weighted by Gasteiger charge is 2.25. The van der Waals surface area contributed by atoms with Crippen LogP contribution in [-0.4, -0.2) is 29.9 Å². The second-order valence-electron chi connectivity index (χ2n) is 5.99. The summed E-state index contributed by atoms with van der Waals surface area (Å²) in [5, 5.41) is 14.0. The Morgan fingerprint density at radius 3 is 2.74 bits per heavy atom. The van der Waals surface area contributed by atoms with Crippen molar-refractivity contribution in [2.24, 2.45) is 0 Å². The number of rotatable bonds is 6. The largest absolute Gasteiger partial charge is 0.487 e. The fourth-order valence-electron chi connectivity index (χ4n) is 2.99. The molecule has 8 nitrogen and oxygen atoms in total. The van der Waals surface area contributed by atoms with Gasteiger partial charge < -0.3 is 15.0 Å². The molecule has 140 valence electrons. The van der Waals surface area contributed by atoms with Crippen molar-refractivity contribution in [2.75, 3.05) is 23.4 Å². The number of amides is 2. The van der Waals surface area contributed by atoms with Crippen LogP contribution in [0.15, 0.2) is 42.5 Å². The smallest absolute Gasteiger partial charge is 0.311 e. The Balaban J connectivity index is 1.87. The molecule has 1 aliphatic heterocycles. The fraction of sp³-hybridized carbons (Fsp3) is 0.263. The lowest BCUT2D eigenvalue weighted by molar-refractivity contribution is -0.385. The Kier molecular flexibility index (Phi) is 5.35. The van der Waals surface area contributed by atoms with Crippen LogP contribution in [0.1, 0.15) is 30.1 Å².